The molecule has 1 aromatic rings. The number of halogens is 1. The number of nitriles is 1. The molecular weight excluding hydrogens is 258 g/mol. The minimum absolute atomic E-state index is 0.384. The van der Waals surface area contributed by atoms with Crippen LogP contribution in [0.25, 0.3) is 0 Å². The minimum Gasteiger partial charge on any atom is -0.490 e. The number of benzene rings is 1. The van der Waals surface area contributed by atoms with E-state index in [0.717, 1.165) is 28.0 Å². The minimum atomic E-state index is 0.384. The zero-order valence-electron chi connectivity index (χ0n) is 8.12. The maximum atomic E-state index is 8.63. The van der Waals surface area contributed by atoms with E-state index < -0.39 is 0 Å². The van der Waals surface area contributed by atoms with Gasteiger partial charge in [0.2, 0.25) is 0 Å². The molecule has 3 nitrogen and oxygen atoms in total. The van der Waals surface area contributed by atoms with E-state index in [1.165, 1.54) is 0 Å². The summed E-state index contributed by atoms with van der Waals surface area (Å²) >= 11 is 3.42. The van der Waals surface area contributed by atoms with Gasteiger partial charge in [0.1, 0.15) is 0 Å². The van der Waals surface area contributed by atoms with Crippen LogP contribution in [0.5, 0.6) is 11.5 Å². The quantitative estimate of drug-likeness (QED) is 0.786. The van der Waals surface area contributed by atoms with Crippen molar-refractivity contribution in [2.24, 2.45) is 0 Å². The van der Waals surface area contributed by atoms with E-state index in [-0.39, 0.29) is 0 Å². The molecule has 1 aliphatic rings. The summed E-state index contributed by atoms with van der Waals surface area (Å²) in [7, 11) is 0. The molecule has 78 valence electrons. The van der Waals surface area contributed by atoms with Gasteiger partial charge in [-0.05, 0) is 33.6 Å². The van der Waals surface area contributed by atoms with E-state index in [1.807, 2.05) is 12.1 Å². The molecule has 0 aromatic heterocycles. The molecule has 0 radical (unpaired) electrons. The molecule has 1 aromatic carbocycles. The molecule has 0 fully saturated rings. The highest BCUT2D eigenvalue weighted by Gasteiger charge is 2.14. The second-order valence-corrected chi connectivity index (χ2v) is 4.14. The van der Waals surface area contributed by atoms with Crippen molar-refractivity contribution in [3.8, 4) is 17.6 Å². The number of nitrogens with zero attached hydrogens (tertiary/aromatic N) is 1. The fourth-order valence-corrected chi connectivity index (χ4v) is 2.08. The third kappa shape index (κ3) is 2.24. The lowest BCUT2D eigenvalue weighted by Crippen LogP contribution is -1.97. The van der Waals surface area contributed by atoms with Gasteiger partial charge in [0.25, 0.3) is 0 Å². The molecule has 2 rings (SSSR count). The van der Waals surface area contributed by atoms with Gasteiger partial charge in [-0.1, -0.05) is 0 Å². The van der Waals surface area contributed by atoms with Crippen LogP contribution >= 0.6 is 15.9 Å². The molecule has 0 atom stereocenters. The molecule has 1 aliphatic heterocycles. The van der Waals surface area contributed by atoms with Gasteiger partial charge in [0.15, 0.2) is 11.5 Å². The lowest BCUT2D eigenvalue weighted by atomic mass is 10.1. The SMILES string of the molecule is N#CCc1cc(Br)c2c(c1)OCCCO2. The largest absolute Gasteiger partial charge is 0.490 e. The highest BCUT2D eigenvalue weighted by atomic mass is 79.9. The van der Waals surface area contributed by atoms with Crippen molar-refractivity contribution in [1.29, 1.82) is 5.26 Å². The summed E-state index contributed by atoms with van der Waals surface area (Å²) in [5, 5.41) is 8.63. The Morgan fingerprint density at radius 3 is 2.93 bits per heavy atom. The molecule has 0 N–H and O–H groups in total. The van der Waals surface area contributed by atoms with Crippen LogP contribution in [0.3, 0.4) is 0 Å². The molecule has 4 heteroatoms. The van der Waals surface area contributed by atoms with Gasteiger partial charge < -0.3 is 9.47 Å². The molecule has 0 aliphatic carbocycles. The molecule has 0 bridgehead atoms. The predicted octanol–water partition coefficient (Wildman–Crippen LogP) is 2.68. The van der Waals surface area contributed by atoms with Crippen LogP contribution in [0, 0.1) is 11.3 Å². The lowest BCUT2D eigenvalue weighted by Gasteiger charge is -2.10. The Balaban J connectivity index is 2.40. The van der Waals surface area contributed by atoms with Crippen molar-refractivity contribution < 1.29 is 9.47 Å². The summed E-state index contributed by atoms with van der Waals surface area (Å²) in [6.07, 6.45) is 1.27. The molecule has 0 unspecified atom stereocenters. The van der Waals surface area contributed by atoms with Crippen LogP contribution in [0.1, 0.15) is 12.0 Å². The summed E-state index contributed by atoms with van der Waals surface area (Å²) in [5.41, 5.74) is 0.939. The first kappa shape index (κ1) is 10.3. The van der Waals surface area contributed by atoms with Crippen molar-refractivity contribution >= 4 is 15.9 Å². The number of hydrogen-bond donors (Lipinski definition) is 0. The first-order valence-electron chi connectivity index (χ1n) is 4.76. The molecule has 0 saturated carbocycles. The van der Waals surface area contributed by atoms with E-state index in [4.69, 9.17) is 14.7 Å². The third-order valence-electron chi connectivity index (χ3n) is 2.15. The van der Waals surface area contributed by atoms with Crippen LogP contribution in [0.2, 0.25) is 0 Å². The van der Waals surface area contributed by atoms with Gasteiger partial charge in [-0.3, -0.25) is 0 Å². The summed E-state index contributed by atoms with van der Waals surface area (Å²) in [6, 6.07) is 5.89. The van der Waals surface area contributed by atoms with E-state index in [2.05, 4.69) is 22.0 Å². The van der Waals surface area contributed by atoms with Gasteiger partial charge in [-0.15, -0.1) is 0 Å². The smallest absolute Gasteiger partial charge is 0.175 e. The van der Waals surface area contributed by atoms with Gasteiger partial charge in [0, 0.05) is 6.42 Å². The van der Waals surface area contributed by atoms with Crippen LogP contribution < -0.4 is 9.47 Å². The maximum absolute atomic E-state index is 8.63. The third-order valence-corrected chi connectivity index (χ3v) is 2.73. The summed E-state index contributed by atoms with van der Waals surface area (Å²) < 4.78 is 12.0. The zero-order chi connectivity index (χ0) is 10.7. The highest BCUT2D eigenvalue weighted by Crippen LogP contribution is 2.38. The van der Waals surface area contributed by atoms with Gasteiger partial charge in [-0.2, -0.15) is 5.26 Å². The molecular formula is C11H10BrNO2. The van der Waals surface area contributed by atoms with E-state index in [0.29, 0.717) is 19.6 Å². The molecule has 15 heavy (non-hydrogen) atoms. The summed E-state index contributed by atoms with van der Waals surface area (Å²) in [4.78, 5) is 0. The Morgan fingerprint density at radius 2 is 2.13 bits per heavy atom. The highest BCUT2D eigenvalue weighted by molar-refractivity contribution is 9.10. The topological polar surface area (TPSA) is 42.2 Å². The van der Waals surface area contributed by atoms with E-state index in [1.54, 1.807) is 0 Å². The van der Waals surface area contributed by atoms with Crippen LogP contribution in [-0.2, 0) is 6.42 Å². The van der Waals surface area contributed by atoms with Crippen molar-refractivity contribution in [3.63, 3.8) is 0 Å². The van der Waals surface area contributed by atoms with Crippen molar-refractivity contribution in [1.82, 2.24) is 0 Å². The lowest BCUT2D eigenvalue weighted by molar-refractivity contribution is 0.296. The van der Waals surface area contributed by atoms with Crippen molar-refractivity contribution in [2.45, 2.75) is 12.8 Å². The molecule has 0 spiro atoms. The van der Waals surface area contributed by atoms with Gasteiger partial charge in [-0.25, -0.2) is 0 Å². The predicted molar refractivity (Wildman–Crippen MR) is 59.1 cm³/mol. The fraction of sp³-hybridized carbons (Fsp3) is 0.364. The number of ether oxygens (including phenoxy) is 2. The standard InChI is InChI=1S/C11H10BrNO2/c12-9-6-8(2-3-13)7-10-11(9)15-5-1-4-14-10/h6-7H,1-2,4-5H2. The first-order valence-corrected chi connectivity index (χ1v) is 5.55. The Kier molecular flexibility index (Phi) is 3.12. The van der Waals surface area contributed by atoms with Crippen molar-refractivity contribution in [3.05, 3.63) is 22.2 Å². The average molecular weight is 268 g/mol. The normalized spacial score (nSPS) is 14.1. The van der Waals surface area contributed by atoms with Gasteiger partial charge in [0.05, 0.1) is 30.2 Å². The molecule has 0 amide bonds. The Labute approximate surface area is 96.7 Å². The van der Waals surface area contributed by atoms with E-state index in [9.17, 15) is 0 Å². The van der Waals surface area contributed by atoms with Gasteiger partial charge >= 0.3 is 0 Å². The number of fused-ring (bicyclic) bond motifs is 1. The van der Waals surface area contributed by atoms with E-state index >= 15 is 0 Å². The summed E-state index contributed by atoms with van der Waals surface area (Å²) in [6.45, 7) is 1.33. The average Bonchev–Trinajstić information content (AvgIpc) is 2.43. The Morgan fingerprint density at radius 1 is 1.33 bits per heavy atom. The second-order valence-electron chi connectivity index (χ2n) is 3.29. The number of hydrogen-bond acceptors (Lipinski definition) is 3. The fourth-order valence-electron chi connectivity index (χ4n) is 1.48. The van der Waals surface area contributed by atoms with Crippen molar-refractivity contribution in [2.75, 3.05) is 13.2 Å². The Hall–Kier alpha value is -1.21. The van der Waals surface area contributed by atoms with Crippen LogP contribution in [-0.4, -0.2) is 13.2 Å². The Bertz CT molecular complexity index is 412. The van der Waals surface area contributed by atoms with Crippen LogP contribution in [0.15, 0.2) is 16.6 Å². The number of rotatable bonds is 1. The molecule has 0 saturated heterocycles. The zero-order valence-corrected chi connectivity index (χ0v) is 9.71. The van der Waals surface area contributed by atoms with Crippen LogP contribution in [0.4, 0.5) is 0 Å². The monoisotopic (exact) mass is 267 g/mol. The maximum Gasteiger partial charge on any atom is 0.175 e. The second kappa shape index (κ2) is 4.54. The molecule has 1 heterocycles. The first-order chi connectivity index (χ1) is 7.31. The summed E-state index contributed by atoms with van der Waals surface area (Å²) in [5.74, 6) is 1.47.